The Labute approximate surface area is 191 Å². The average molecular weight is 456 g/mol. The summed E-state index contributed by atoms with van der Waals surface area (Å²) in [5, 5.41) is 24.5. The molecule has 0 saturated heterocycles. The summed E-state index contributed by atoms with van der Waals surface area (Å²) in [5.74, 6) is 3.43. The molecule has 3 aliphatic carbocycles. The van der Waals surface area contributed by atoms with E-state index in [0.29, 0.717) is 12.0 Å². The summed E-state index contributed by atoms with van der Waals surface area (Å²) in [5.41, 5.74) is -0.677. The number of thioether (sulfide) groups is 1. The van der Waals surface area contributed by atoms with Crippen molar-refractivity contribution >= 4 is 29.0 Å². The molecule has 8 heteroatoms. The summed E-state index contributed by atoms with van der Waals surface area (Å²) in [6.45, 7) is 2.30. The van der Waals surface area contributed by atoms with Gasteiger partial charge in [0.2, 0.25) is 5.91 Å². The van der Waals surface area contributed by atoms with Crippen LogP contribution in [-0.2, 0) is 4.79 Å². The highest BCUT2D eigenvalue weighted by Crippen LogP contribution is 2.53. The molecule has 3 fully saturated rings. The largest absolute Gasteiger partial charge is 0.337 e. The van der Waals surface area contributed by atoms with Gasteiger partial charge in [-0.05, 0) is 81.1 Å². The van der Waals surface area contributed by atoms with Crippen molar-refractivity contribution in [3.8, 4) is 16.8 Å². The summed E-state index contributed by atoms with van der Waals surface area (Å²) < 4.78 is 2.28. The van der Waals surface area contributed by atoms with Crippen molar-refractivity contribution in [3.05, 3.63) is 17.5 Å². The second kappa shape index (κ2) is 8.59. The number of amides is 1. The quantitative estimate of drug-likeness (QED) is 0.591. The number of nitrogens with one attached hydrogen (secondary N) is 1. The van der Waals surface area contributed by atoms with Crippen LogP contribution < -0.4 is 5.32 Å². The number of hydrogen-bond acceptors (Lipinski definition) is 6. The third kappa shape index (κ3) is 4.03. The Morgan fingerprint density at radius 3 is 2.87 bits per heavy atom. The minimum absolute atomic E-state index is 0.0896. The number of nitrogens with zero attached hydrogens (tertiary/aromatic N) is 4. The molecule has 2 aromatic heterocycles. The Kier molecular flexibility index (Phi) is 5.82. The van der Waals surface area contributed by atoms with Gasteiger partial charge in [-0.3, -0.25) is 9.36 Å². The van der Waals surface area contributed by atoms with Crippen LogP contribution >= 0.6 is 23.1 Å². The second-order valence-corrected chi connectivity index (χ2v) is 11.4. The summed E-state index contributed by atoms with van der Waals surface area (Å²) in [4.78, 5) is 13.8. The lowest BCUT2D eigenvalue weighted by Crippen LogP contribution is -2.45. The predicted octanol–water partition coefficient (Wildman–Crippen LogP) is 5.05. The zero-order chi connectivity index (χ0) is 21.4. The van der Waals surface area contributed by atoms with Crippen molar-refractivity contribution in [2.45, 2.75) is 75.0 Å². The lowest BCUT2D eigenvalue weighted by molar-refractivity contribution is -0.119. The number of rotatable bonds is 7. The maximum atomic E-state index is 12.7. The summed E-state index contributed by atoms with van der Waals surface area (Å²) in [6, 6.07) is 6.79. The summed E-state index contributed by atoms with van der Waals surface area (Å²) in [6.07, 6.45) is 8.89. The first-order valence-corrected chi connectivity index (χ1v) is 13.3. The third-order valence-corrected chi connectivity index (χ3v) is 9.42. The molecule has 1 amide bonds. The SMILES string of the molecule is CC(C1CC2CCC1C2)n1c(SCC(=O)NC2(C#N)CCCC2)nnc1-c1cccs1. The fraction of sp³-hybridized carbons (Fsp3) is 0.652. The van der Waals surface area contributed by atoms with Crippen LogP contribution in [-0.4, -0.2) is 32.0 Å². The van der Waals surface area contributed by atoms with Crippen LogP contribution in [0.25, 0.3) is 10.7 Å². The van der Waals surface area contributed by atoms with Crippen LogP contribution in [0, 0.1) is 29.1 Å². The van der Waals surface area contributed by atoms with Gasteiger partial charge in [0.1, 0.15) is 5.54 Å². The van der Waals surface area contributed by atoms with Crippen molar-refractivity contribution in [3.63, 3.8) is 0 Å². The molecule has 2 aromatic rings. The Balaban J connectivity index is 1.35. The molecule has 2 bridgehead atoms. The molecule has 2 heterocycles. The lowest BCUT2D eigenvalue weighted by Gasteiger charge is -2.30. The van der Waals surface area contributed by atoms with Gasteiger partial charge in [-0.25, -0.2) is 0 Å². The van der Waals surface area contributed by atoms with E-state index in [1.807, 2.05) is 6.07 Å². The molecule has 0 aromatic carbocycles. The number of aromatic nitrogens is 3. The summed E-state index contributed by atoms with van der Waals surface area (Å²) in [7, 11) is 0. The zero-order valence-corrected chi connectivity index (χ0v) is 19.6. The highest BCUT2D eigenvalue weighted by molar-refractivity contribution is 7.99. The molecular formula is C23H29N5OS2. The fourth-order valence-corrected chi connectivity index (χ4v) is 7.60. The van der Waals surface area contributed by atoms with Crippen LogP contribution in [0.5, 0.6) is 0 Å². The van der Waals surface area contributed by atoms with Crippen molar-refractivity contribution in [1.82, 2.24) is 20.1 Å². The number of carbonyl (C=O) groups is 1. The Hall–Kier alpha value is -1.85. The molecule has 31 heavy (non-hydrogen) atoms. The van der Waals surface area contributed by atoms with Crippen molar-refractivity contribution in [2.24, 2.45) is 17.8 Å². The van der Waals surface area contributed by atoms with Gasteiger partial charge >= 0.3 is 0 Å². The monoisotopic (exact) mass is 455 g/mol. The summed E-state index contributed by atoms with van der Waals surface area (Å²) >= 11 is 3.12. The van der Waals surface area contributed by atoms with Crippen LogP contribution in [0.1, 0.15) is 64.3 Å². The van der Waals surface area contributed by atoms with E-state index in [1.165, 1.54) is 37.4 Å². The first-order valence-electron chi connectivity index (χ1n) is 11.4. The number of hydrogen-bond donors (Lipinski definition) is 1. The smallest absolute Gasteiger partial charge is 0.231 e. The highest BCUT2D eigenvalue weighted by atomic mass is 32.2. The minimum Gasteiger partial charge on any atom is -0.337 e. The van der Waals surface area contributed by atoms with E-state index in [4.69, 9.17) is 0 Å². The van der Waals surface area contributed by atoms with Crippen LogP contribution in [0.3, 0.4) is 0 Å². The van der Waals surface area contributed by atoms with Gasteiger partial charge in [0.15, 0.2) is 11.0 Å². The van der Waals surface area contributed by atoms with Crippen LogP contribution in [0.4, 0.5) is 0 Å². The first-order chi connectivity index (χ1) is 15.1. The number of fused-ring (bicyclic) bond motifs is 2. The van der Waals surface area contributed by atoms with Gasteiger partial charge in [0.25, 0.3) is 0 Å². The van der Waals surface area contributed by atoms with Crippen molar-refractivity contribution < 1.29 is 4.79 Å². The van der Waals surface area contributed by atoms with Crippen LogP contribution in [0.15, 0.2) is 22.7 Å². The van der Waals surface area contributed by atoms with E-state index < -0.39 is 5.54 Å². The topological polar surface area (TPSA) is 83.6 Å². The van der Waals surface area contributed by atoms with Crippen LogP contribution in [0.2, 0.25) is 0 Å². The Morgan fingerprint density at radius 1 is 1.39 bits per heavy atom. The Morgan fingerprint density at radius 2 is 2.23 bits per heavy atom. The molecule has 4 atom stereocenters. The molecule has 0 spiro atoms. The van der Waals surface area contributed by atoms with E-state index in [2.05, 4.69) is 44.5 Å². The van der Waals surface area contributed by atoms with E-state index in [-0.39, 0.29) is 11.7 Å². The van der Waals surface area contributed by atoms with Gasteiger partial charge in [-0.15, -0.1) is 21.5 Å². The van der Waals surface area contributed by atoms with Crippen molar-refractivity contribution in [2.75, 3.05) is 5.75 Å². The molecule has 3 aliphatic rings. The standard InChI is InChI=1S/C23H29N5OS2/c1-15(18-12-16-6-7-17(18)11-16)28-21(19-5-4-10-30-19)26-27-22(28)31-13-20(29)25-23(14-24)8-2-3-9-23/h4-5,10,15-18H,2-3,6-9,11-13H2,1H3,(H,25,29). The molecular weight excluding hydrogens is 426 g/mol. The molecule has 0 radical (unpaired) electrons. The first kappa shape index (κ1) is 21.0. The molecule has 5 rings (SSSR count). The highest BCUT2D eigenvalue weighted by Gasteiger charge is 2.43. The number of nitriles is 1. The molecule has 1 N–H and O–H groups in total. The van der Waals surface area contributed by atoms with Gasteiger partial charge in [0, 0.05) is 6.04 Å². The second-order valence-electron chi connectivity index (χ2n) is 9.47. The molecule has 164 valence electrons. The minimum atomic E-state index is -0.677. The molecule has 6 nitrogen and oxygen atoms in total. The Bertz CT molecular complexity index is 973. The lowest BCUT2D eigenvalue weighted by atomic mass is 9.84. The normalized spacial score (nSPS) is 27.3. The predicted molar refractivity (Wildman–Crippen MR) is 123 cm³/mol. The van der Waals surface area contributed by atoms with E-state index in [0.717, 1.165) is 53.4 Å². The zero-order valence-electron chi connectivity index (χ0n) is 17.9. The fourth-order valence-electron chi connectivity index (χ4n) is 6.07. The van der Waals surface area contributed by atoms with Gasteiger partial charge < -0.3 is 5.32 Å². The van der Waals surface area contributed by atoms with E-state index >= 15 is 0 Å². The van der Waals surface area contributed by atoms with Gasteiger partial charge in [-0.2, -0.15) is 5.26 Å². The van der Waals surface area contributed by atoms with Crippen molar-refractivity contribution in [1.29, 1.82) is 5.26 Å². The average Bonchev–Trinajstić information content (AvgIpc) is 3.58. The van der Waals surface area contributed by atoms with E-state index in [9.17, 15) is 10.1 Å². The van der Waals surface area contributed by atoms with Gasteiger partial charge in [0.05, 0.1) is 16.7 Å². The molecule has 3 saturated carbocycles. The maximum Gasteiger partial charge on any atom is 0.231 e. The molecule has 0 aliphatic heterocycles. The number of thiophene rings is 1. The number of carbonyl (C=O) groups excluding carboxylic acids is 1. The van der Waals surface area contributed by atoms with E-state index in [1.54, 1.807) is 11.3 Å². The van der Waals surface area contributed by atoms with Gasteiger partial charge in [-0.1, -0.05) is 24.2 Å². The maximum absolute atomic E-state index is 12.7. The third-order valence-electron chi connectivity index (χ3n) is 7.61. The molecule has 4 unspecified atom stereocenters.